The molecule has 1 heterocycles. The summed E-state index contributed by atoms with van der Waals surface area (Å²) in [6.45, 7) is 0. The topological polar surface area (TPSA) is 62.2 Å². The Labute approximate surface area is 92.9 Å². The third kappa shape index (κ3) is 1.95. The van der Waals surface area contributed by atoms with Gasteiger partial charge in [-0.3, -0.25) is 4.79 Å². The summed E-state index contributed by atoms with van der Waals surface area (Å²) in [7, 11) is 1.74. The predicted octanol–water partition coefficient (Wildman–Crippen LogP) is 1.90. The molecular formula is C12H12N2O2. The molecule has 0 unspecified atom stereocenters. The summed E-state index contributed by atoms with van der Waals surface area (Å²) in [4.78, 5) is 15.1. The van der Waals surface area contributed by atoms with Gasteiger partial charge in [-0.1, -0.05) is 18.2 Å². The first kappa shape index (κ1) is 10.4. The number of nitrogens with zero attached hydrogens (tertiary/aromatic N) is 1. The normalized spacial score (nSPS) is 10.3. The summed E-state index contributed by atoms with van der Waals surface area (Å²) in [5, 5.41) is 12.7. The lowest BCUT2D eigenvalue weighted by atomic mass is 10.1. The Bertz CT molecular complexity index is 538. The molecule has 0 radical (unpaired) electrons. The number of pyridine rings is 1. The van der Waals surface area contributed by atoms with E-state index >= 15 is 0 Å². The molecule has 0 aliphatic rings. The quantitative estimate of drug-likeness (QED) is 0.822. The van der Waals surface area contributed by atoms with Crippen molar-refractivity contribution < 1.29 is 9.90 Å². The second kappa shape index (κ2) is 4.18. The summed E-state index contributed by atoms with van der Waals surface area (Å²) >= 11 is 0. The van der Waals surface area contributed by atoms with E-state index in [4.69, 9.17) is 5.11 Å². The molecule has 0 spiro atoms. The second-order valence-corrected chi connectivity index (χ2v) is 3.51. The van der Waals surface area contributed by atoms with Gasteiger partial charge in [-0.25, -0.2) is 4.98 Å². The highest BCUT2D eigenvalue weighted by molar-refractivity contribution is 5.83. The molecule has 0 amide bonds. The van der Waals surface area contributed by atoms with Gasteiger partial charge in [0.05, 0.1) is 11.9 Å². The van der Waals surface area contributed by atoms with Crippen LogP contribution in [0.15, 0.2) is 30.3 Å². The van der Waals surface area contributed by atoms with Crippen LogP contribution < -0.4 is 5.32 Å². The monoisotopic (exact) mass is 216 g/mol. The van der Waals surface area contributed by atoms with Crippen molar-refractivity contribution in [2.24, 2.45) is 0 Å². The molecule has 82 valence electrons. The van der Waals surface area contributed by atoms with Crippen LogP contribution in [0.1, 0.15) is 5.56 Å². The number of fused-ring (bicyclic) bond motifs is 1. The number of carboxylic acid groups (broad SMARTS) is 1. The van der Waals surface area contributed by atoms with Crippen molar-refractivity contribution in [2.75, 3.05) is 12.4 Å². The van der Waals surface area contributed by atoms with Crippen molar-refractivity contribution in [1.29, 1.82) is 0 Å². The number of aromatic nitrogens is 1. The predicted molar refractivity (Wildman–Crippen MR) is 62.6 cm³/mol. The Morgan fingerprint density at radius 1 is 1.44 bits per heavy atom. The average Bonchev–Trinajstić information content (AvgIpc) is 2.27. The fourth-order valence-electron chi connectivity index (χ4n) is 1.67. The van der Waals surface area contributed by atoms with Crippen molar-refractivity contribution in [3.8, 4) is 0 Å². The van der Waals surface area contributed by atoms with Crippen LogP contribution in [0.2, 0.25) is 0 Å². The summed E-state index contributed by atoms with van der Waals surface area (Å²) in [5.41, 5.74) is 1.56. The zero-order valence-electron chi connectivity index (χ0n) is 8.90. The SMILES string of the molecule is CNc1nc2ccccc2cc1CC(=O)O. The minimum absolute atomic E-state index is 0.0198. The Morgan fingerprint density at radius 2 is 2.19 bits per heavy atom. The number of aliphatic carboxylic acids is 1. The highest BCUT2D eigenvalue weighted by atomic mass is 16.4. The average molecular weight is 216 g/mol. The number of benzene rings is 1. The number of para-hydroxylation sites is 1. The summed E-state index contributed by atoms with van der Waals surface area (Å²) in [6, 6.07) is 9.51. The van der Waals surface area contributed by atoms with E-state index in [0.717, 1.165) is 10.9 Å². The van der Waals surface area contributed by atoms with Gasteiger partial charge in [-0.2, -0.15) is 0 Å². The Kier molecular flexibility index (Phi) is 2.72. The Hall–Kier alpha value is -2.10. The van der Waals surface area contributed by atoms with Crippen LogP contribution in [-0.4, -0.2) is 23.1 Å². The molecule has 0 atom stereocenters. The van der Waals surface area contributed by atoms with Gasteiger partial charge in [0, 0.05) is 18.0 Å². The number of nitrogens with one attached hydrogen (secondary N) is 1. The zero-order chi connectivity index (χ0) is 11.5. The molecule has 0 saturated heterocycles. The fourth-order valence-corrected chi connectivity index (χ4v) is 1.67. The number of hydrogen-bond donors (Lipinski definition) is 2. The van der Waals surface area contributed by atoms with Crippen LogP contribution in [0.5, 0.6) is 0 Å². The van der Waals surface area contributed by atoms with Crippen molar-refractivity contribution in [3.63, 3.8) is 0 Å². The largest absolute Gasteiger partial charge is 0.481 e. The standard InChI is InChI=1S/C12H12N2O2/c1-13-12-9(7-11(15)16)6-8-4-2-3-5-10(8)14-12/h2-6H,7H2,1H3,(H,13,14)(H,15,16). The molecule has 0 aliphatic heterocycles. The first-order chi connectivity index (χ1) is 7.70. The molecule has 4 nitrogen and oxygen atoms in total. The summed E-state index contributed by atoms with van der Waals surface area (Å²) < 4.78 is 0. The van der Waals surface area contributed by atoms with Gasteiger partial charge in [0.1, 0.15) is 5.82 Å². The van der Waals surface area contributed by atoms with Crippen molar-refractivity contribution in [2.45, 2.75) is 6.42 Å². The second-order valence-electron chi connectivity index (χ2n) is 3.51. The molecule has 2 rings (SSSR count). The third-order valence-electron chi connectivity index (χ3n) is 2.38. The van der Waals surface area contributed by atoms with Crippen molar-refractivity contribution >= 4 is 22.7 Å². The lowest BCUT2D eigenvalue weighted by Crippen LogP contribution is -2.05. The van der Waals surface area contributed by atoms with Crippen LogP contribution in [0.25, 0.3) is 10.9 Å². The maximum atomic E-state index is 10.7. The van der Waals surface area contributed by atoms with Gasteiger partial charge in [0.2, 0.25) is 0 Å². The van der Waals surface area contributed by atoms with Gasteiger partial charge >= 0.3 is 5.97 Å². The van der Waals surface area contributed by atoms with Gasteiger partial charge in [0.15, 0.2) is 0 Å². The molecule has 2 N–H and O–H groups in total. The lowest BCUT2D eigenvalue weighted by Gasteiger charge is -2.08. The molecule has 1 aromatic carbocycles. The number of carbonyl (C=O) groups is 1. The molecule has 0 aliphatic carbocycles. The van der Waals surface area contributed by atoms with E-state index in [0.29, 0.717) is 11.4 Å². The third-order valence-corrected chi connectivity index (χ3v) is 2.38. The Morgan fingerprint density at radius 3 is 2.88 bits per heavy atom. The van der Waals surface area contributed by atoms with E-state index in [2.05, 4.69) is 10.3 Å². The maximum absolute atomic E-state index is 10.7. The van der Waals surface area contributed by atoms with Crippen molar-refractivity contribution in [3.05, 3.63) is 35.9 Å². The van der Waals surface area contributed by atoms with Gasteiger partial charge < -0.3 is 10.4 Å². The maximum Gasteiger partial charge on any atom is 0.307 e. The van der Waals surface area contributed by atoms with Crippen LogP contribution in [0.4, 0.5) is 5.82 Å². The highest BCUT2D eigenvalue weighted by Gasteiger charge is 2.08. The lowest BCUT2D eigenvalue weighted by molar-refractivity contribution is -0.136. The molecule has 0 bridgehead atoms. The highest BCUT2D eigenvalue weighted by Crippen LogP contribution is 2.20. The van der Waals surface area contributed by atoms with Crippen LogP contribution in [0, 0.1) is 0 Å². The van der Waals surface area contributed by atoms with E-state index in [1.165, 1.54) is 0 Å². The van der Waals surface area contributed by atoms with Gasteiger partial charge in [-0.05, 0) is 12.1 Å². The zero-order valence-corrected chi connectivity index (χ0v) is 8.90. The molecule has 16 heavy (non-hydrogen) atoms. The fraction of sp³-hybridized carbons (Fsp3) is 0.167. The number of anilines is 1. The molecule has 0 saturated carbocycles. The Balaban J connectivity index is 2.58. The molecule has 0 fully saturated rings. The molecule has 1 aromatic heterocycles. The van der Waals surface area contributed by atoms with E-state index in [1.54, 1.807) is 7.05 Å². The van der Waals surface area contributed by atoms with Crippen LogP contribution in [-0.2, 0) is 11.2 Å². The van der Waals surface area contributed by atoms with E-state index < -0.39 is 5.97 Å². The smallest absolute Gasteiger partial charge is 0.307 e. The van der Waals surface area contributed by atoms with Crippen LogP contribution in [0.3, 0.4) is 0 Å². The molecular weight excluding hydrogens is 204 g/mol. The number of rotatable bonds is 3. The number of hydrogen-bond acceptors (Lipinski definition) is 3. The van der Waals surface area contributed by atoms with Gasteiger partial charge in [0.25, 0.3) is 0 Å². The van der Waals surface area contributed by atoms with Gasteiger partial charge in [-0.15, -0.1) is 0 Å². The van der Waals surface area contributed by atoms with E-state index in [-0.39, 0.29) is 6.42 Å². The minimum atomic E-state index is -0.853. The first-order valence-electron chi connectivity index (χ1n) is 4.99. The molecule has 2 aromatic rings. The van der Waals surface area contributed by atoms with Crippen molar-refractivity contribution in [1.82, 2.24) is 4.98 Å². The first-order valence-corrected chi connectivity index (χ1v) is 4.99. The number of carboxylic acids is 1. The minimum Gasteiger partial charge on any atom is -0.481 e. The summed E-state index contributed by atoms with van der Waals surface area (Å²) in [5.74, 6) is -0.227. The van der Waals surface area contributed by atoms with E-state index in [9.17, 15) is 4.79 Å². The van der Waals surface area contributed by atoms with Crippen LogP contribution >= 0.6 is 0 Å². The van der Waals surface area contributed by atoms with E-state index in [1.807, 2.05) is 30.3 Å². The summed E-state index contributed by atoms with van der Waals surface area (Å²) in [6.07, 6.45) is -0.0198. The molecule has 4 heteroatoms.